The molecule has 0 aromatic rings. The summed E-state index contributed by atoms with van der Waals surface area (Å²) in [6.07, 6.45) is 20.5. The molecule has 0 radical (unpaired) electrons. The number of ketones is 1. The number of esters is 1. The predicted octanol–water partition coefficient (Wildman–Crippen LogP) is 7.18. The van der Waals surface area contributed by atoms with Gasteiger partial charge in [-0.15, -0.1) is 0 Å². The van der Waals surface area contributed by atoms with Crippen molar-refractivity contribution in [3.05, 3.63) is 11.3 Å². The van der Waals surface area contributed by atoms with Crippen molar-refractivity contribution >= 4 is 17.5 Å². The fourth-order valence-electron chi connectivity index (χ4n) is 4.64. The third-order valence-electron chi connectivity index (χ3n) is 6.65. The minimum Gasteiger partial charge on any atom is -0.507 e. The first-order chi connectivity index (χ1) is 15.6. The van der Waals surface area contributed by atoms with Gasteiger partial charge in [-0.2, -0.15) is 0 Å². The summed E-state index contributed by atoms with van der Waals surface area (Å²) in [6, 6.07) is 0. The second-order valence-electron chi connectivity index (χ2n) is 9.53. The molecule has 2 heterocycles. The zero-order valence-corrected chi connectivity index (χ0v) is 20.3. The average Bonchev–Trinajstić information content (AvgIpc) is 3.07. The third-order valence-corrected chi connectivity index (χ3v) is 6.65. The van der Waals surface area contributed by atoms with Crippen LogP contribution >= 0.6 is 0 Å². The van der Waals surface area contributed by atoms with Gasteiger partial charge in [-0.25, -0.2) is 4.79 Å². The predicted molar refractivity (Wildman–Crippen MR) is 130 cm³/mol. The van der Waals surface area contributed by atoms with Crippen molar-refractivity contribution in [3.63, 3.8) is 0 Å². The van der Waals surface area contributed by atoms with Crippen molar-refractivity contribution in [1.82, 2.24) is 0 Å². The topological polar surface area (TPSA) is 76.0 Å². The van der Waals surface area contributed by atoms with Crippen LogP contribution in [0.5, 0.6) is 0 Å². The van der Waals surface area contributed by atoms with Crippen molar-refractivity contribution < 1.29 is 19.4 Å². The molecule has 0 amide bonds. The van der Waals surface area contributed by atoms with Gasteiger partial charge in [-0.1, -0.05) is 90.4 Å². The van der Waals surface area contributed by atoms with Crippen molar-refractivity contribution in [2.75, 3.05) is 6.54 Å². The van der Waals surface area contributed by atoms with Crippen molar-refractivity contribution in [3.8, 4) is 0 Å². The quantitative estimate of drug-likeness (QED) is 0.178. The third kappa shape index (κ3) is 9.87. The lowest BCUT2D eigenvalue weighted by Gasteiger charge is -2.10. The lowest BCUT2D eigenvalue weighted by Crippen LogP contribution is -2.17. The Morgan fingerprint density at radius 3 is 2.00 bits per heavy atom. The SMILES string of the molecule is CCCCCCCCCCCCCCCCC(=O)C[C@@H]1OC(=O)C(C2=NCCCC2)=C1O. The summed E-state index contributed by atoms with van der Waals surface area (Å²) < 4.78 is 5.27. The van der Waals surface area contributed by atoms with E-state index in [1.165, 1.54) is 77.0 Å². The molecule has 0 aromatic heterocycles. The zero-order valence-electron chi connectivity index (χ0n) is 20.3. The van der Waals surface area contributed by atoms with E-state index in [2.05, 4.69) is 11.9 Å². The number of nitrogens with zero attached hydrogens (tertiary/aromatic N) is 1. The standard InChI is InChI=1S/C27H45NO4/c1-2-3-4-5-6-7-8-9-10-11-12-13-14-15-18-22(29)21-24-26(30)25(27(31)32-24)23-19-16-17-20-28-23/h24,30H,2-21H2,1H3/t24-/m0/s1. The number of carbonyl (C=O) groups excluding carboxylic acids is 2. The number of unbranched alkanes of at least 4 members (excludes halogenated alkanes) is 13. The first-order valence-corrected chi connectivity index (χ1v) is 13.3. The number of aliphatic imine (C=N–C) groups is 1. The van der Waals surface area contributed by atoms with Gasteiger partial charge in [0.1, 0.15) is 17.1 Å². The smallest absolute Gasteiger partial charge is 0.344 e. The molecule has 0 bridgehead atoms. The number of hydrogen-bond donors (Lipinski definition) is 1. The van der Waals surface area contributed by atoms with Crippen LogP contribution in [0.2, 0.25) is 0 Å². The van der Waals surface area contributed by atoms with Crippen LogP contribution in [-0.4, -0.2) is 35.2 Å². The molecule has 1 atom stereocenters. The number of hydrogen-bond acceptors (Lipinski definition) is 5. The maximum atomic E-state index is 12.3. The minimum absolute atomic E-state index is 0.0557. The van der Waals surface area contributed by atoms with Crippen molar-refractivity contribution in [1.29, 1.82) is 0 Å². The molecule has 182 valence electrons. The largest absolute Gasteiger partial charge is 0.507 e. The highest BCUT2D eigenvalue weighted by Gasteiger charge is 2.37. The summed E-state index contributed by atoms with van der Waals surface area (Å²) in [5.41, 5.74) is 0.847. The van der Waals surface area contributed by atoms with Crippen LogP contribution in [0.4, 0.5) is 0 Å². The van der Waals surface area contributed by atoms with E-state index in [9.17, 15) is 14.7 Å². The molecular formula is C27H45NO4. The molecule has 0 saturated carbocycles. The highest BCUT2D eigenvalue weighted by Crippen LogP contribution is 2.28. The first-order valence-electron chi connectivity index (χ1n) is 13.3. The Morgan fingerprint density at radius 2 is 1.47 bits per heavy atom. The van der Waals surface area contributed by atoms with Crippen LogP contribution in [0, 0.1) is 0 Å². The van der Waals surface area contributed by atoms with Crippen molar-refractivity contribution in [2.24, 2.45) is 4.99 Å². The number of carbonyl (C=O) groups is 2. The van der Waals surface area contributed by atoms with Gasteiger partial charge < -0.3 is 9.84 Å². The molecular weight excluding hydrogens is 402 g/mol. The molecule has 1 N–H and O–H groups in total. The van der Waals surface area contributed by atoms with Gasteiger partial charge >= 0.3 is 5.97 Å². The summed E-state index contributed by atoms with van der Waals surface area (Å²) in [6.45, 7) is 2.95. The molecule has 32 heavy (non-hydrogen) atoms. The second-order valence-corrected chi connectivity index (χ2v) is 9.53. The van der Waals surface area contributed by atoms with Crippen LogP contribution in [0.25, 0.3) is 0 Å². The van der Waals surface area contributed by atoms with Gasteiger partial charge in [0.15, 0.2) is 6.10 Å². The Morgan fingerprint density at radius 1 is 0.906 bits per heavy atom. The van der Waals surface area contributed by atoms with Gasteiger partial charge in [-0.05, 0) is 25.7 Å². The molecule has 0 unspecified atom stereocenters. The monoisotopic (exact) mass is 447 g/mol. The van der Waals surface area contributed by atoms with E-state index in [1.54, 1.807) is 0 Å². The van der Waals surface area contributed by atoms with E-state index in [0.717, 1.165) is 25.7 Å². The zero-order chi connectivity index (χ0) is 23.0. The van der Waals surface area contributed by atoms with E-state index in [1.807, 2.05) is 0 Å². The van der Waals surface area contributed by atoms with Crippen LogP contribution in [0.3, 0.4) is 0 Å². The van der Waals surface area contributed by atoms with Gasteiger partial charge in [0.05, 0.1) is 12.1 Å². The lowest BCUT2D eigenvalue weighted by atomic mass is 9.99. The molecule has 2 rings (SSSR count). The van der Waals surface area contributed by atoms with Gasteiger partial charge in [0, 0.05) is 13.0 Å². The summed E-state index contributed by atoms with van der Waals surface area (Å²) >= 11 is 0. The molecule has 0 saturated heterocycles. The molecule has 2 aliphatic heterocycles. The van der Waals surface area contributed by atoms with Crippen molar-refractivity contribution in [2.45, 2.75) is 135 Å². The molecule has 2 aliphatic rings. The van der Waals surface area contributed by atoms with Crippen LogP contribution in [0.15, 0.2) is 16.3 Å². The number of rotatable bonds is 18. The van der Waals surface area contributed by atoms with Crippen LogP contribution in [-0.2, 0) is 14.3 Å². The Labute approximate surface area is 195 Å². The van der Waals surface area contributed by atoms with Gasteiger partial charge in [-0.3, -0.25) is 9.79 Å². The Bertz CT molecular complexity index is 638. The maximum Gasteiger partial charge on any atom is 0.344 e. The number of ether oxygens (including phenoxy) is 1. The van der Waals surface area contributed by atoms with E-state index in [0.29, 0.717) is 25.1 Å². The van der Waals surface area contributed by atoms with E-state index >= 15 is 0 Å². The first kappa shape index (κ1) is 26.6. The van der Waals surface area contributed by atoms with Crippen LogP contribution < -0.4 is 0 Å². The van der Waals surface area contributed by atoms with Gasteiger partial charge in [0.2, 0.25) is 0 Å². The van der Waals surface area contributed by atoms with E-state index in [-0.39, 0.29) is 23.5 Å². The molecule has 5 heteroatoms. The molecule has 0 fully saturated rings. The number of cyclic esters (lactones) is 1. The number of aliphatic hydroxyl groups is 1. The van der Waals surface area contributed by atoms with E-state index in [4.69, 9.17) is 4.74 Å². The number of Topliss-reactive ketones (excluding diaryl/α,β-unsaturated/α-hetero) is 1. The fraction of sp³-hybridized carbons (Fsp3) is 0.815. The molecule has 5 nitrogen and oxygen atoms in total. The summed E-state index contributed by atoms with van der Waals surface area (Å²) in [7, 11) is 0. The second kappa shape index (κ2) is 16.0. The average molecular weight is 448 g/mol. The molecule has 0 spiro atoms. The fourth-order valence-corrected chi connectivity index (χ4v) is 4.64. The summed E-state index contributed by atoms with van der Waals surface area (Å²) in [5.74, 6) is -0.567. The Balaban J connectivity index is 1.48. The lowest BCUT2D eigenvalue weighted by molar-refractivity contribution is -0.141. The maximum absolute atomic E-state index is 12.3. The minimum atomic E-state index is -0.818. The Hall–Kier alpha value is -1.65. The highest BCUT2D eigenvalue weighted by atomic mass is 16.6. The van der Waals surface area contributed by atoms with Gasteiger partial charge in [0.25, 0.3) is 0 Å². The summed E-state index contributed by atoms with van der Waals surface area (Å²) in [4.78, 5) is 28.8. The highest BCUT2D eigenvalue weighted by molar-refractivity contribution is 6.21. The summed E-state index contributed by atoms with van der Waals surface area (Å²) in [5, 5.41) is 10.4. The van der Waals surface area contributed by atoms with E-state index < -0.39 is 12.1 Å². The van der Waals surface area contributed by atoms with Crippen LogP contribution in [0.1, 0.15) is 129 Å². The normalized spacial score (nSPS) is 18.7. The molecule has 0 aromatic carbocycles. The molecule has 0 aliphatic carbocycles. The Kier molecular flexibility index (Phi) is 13.3. The number of aliphatic hydroxyl groups excluding tert-OH is 1.